The van der Waals surface area contributed by atoms with E-state index >= 15 is 0 Å². The number of hydrogen-bond acceptors (Lipinski definition) is 4. The molecule has 2 aliphatic rings. The lowest BCUT2D eigenvalue weighted by Gasteiger charge is -2.40. The fourth-order valence-electron chi connectivity index (χ4n) is 6.03. The fourth-order valence-corrected chi connectivity index (χ4v) is 6.03. The number of benzene rings is 4. The number of hydrogen-bond donors (Lipinski definition) is 0. The van der Waals surface area contributed by atoms with Gasteiger partial charge in [-0.15, -0.1) is 0 Å². The average Bonchev–Trinajstić information content (AvgIpc) is 3.41. The van der Waals surface area contributed by atoms with E-state index in [-0.39, 0.29) is 0 Å². The summed E-state index contributed by atoms with van der Waals surface area (Å²) < 4.78 is 11.3. The Morgan fingerprint density at radius 1 is 0.647 bits per heavy atom. The fraction of sp³-hybridized carbons (Fsp3) is 0.133. The zero-order chi connectivity index (χ0) is 23.3. The zero-order valence-electron chi connectivity index (χ0n) is 18.5. The largest absolute Gasteiger partial charge is 0.466 e. The predicted octanol–water partition coefficient (Wildman–Crippen LogP) is 5.61. The average molecular weight is 445 g/mol. The second-order valence-corrected chi connectivity index (χ2v) is 8.69. The minimum Gasteiger partial charge on any atom is -0.466 e. The normalized spacial score (nSPS) is 14.0. The molecular formula is C30H21O4. The van der Waals surface area contributed by atoms with E-state index in [2.05, 4.69) is 0 Å². The summed E-state index contributed by atoms with van der Waals surface area (Å²) in [4.78, 5) is 26.0. The molecule has 0 unspecified atom stereocenters. The Kier molecular flexibility index (Phi) is 4.63. The molecule has 0 spiro atoms. The first-order chi connectivity index (χ1) is 16.7. The third-order valence-electron chi connectivity index (χ3n) is 7.24. The van der Waals surface area contributed by atoms with Crippen LogP contribution in [-0.2, 0) is 19.1 Å². The van der Waals surface area contributed by atoms with Gasteiger partial charge in [-0.2, -0.15) is 0 Å². The summed E-state index contributed by atoms with van der Waals surface area (Å²) in [6, 6.07) is 31.8. The molecule has 4 aromatic rings. The Hall–Kier alpha value is -4.18. The Labute approximate surface area is 197 Å². The molecule has 0 aliphatic heterocycles. The van der Waals surface area contributed by atoms with Gasteiger partial charge >= 0.3 is 12.4 Å². The van der Waals surface area contributed by atoms with Crippen LogP contribution in [0.3, 0.4) is 0 Å². The highest BCUT2D eigenvalue weighted by molar-refractivity contribution is 5.93. The van der Waals surface area contributed by atoms with Crippen molar-refractivity contribution in [2.75, 3.05) is 7.11 Å². The van der Waals surface area contributed by atoms with Crippen LogP contribution in [0, 0.1) is 0 Å². The molecule has 0 saturated carbocycles. The van der Waals surface area contributed by atoms with Gasteiger partial charge in [-0.1, -0.05) is 97.1 Å². The number of methoxy groups -OCH3 is 1. The van der Waals surface area contributed by atoms with Gasteiger partial charge in [0.25, 0.3) is 0 Å². The summed E-state index contributed by atoms with van der Waals surface area (Å²) in [5.41, 5.74) is 6.07. The van der Waals surface area contributed by atoms with Crippen molar-refractivity contribution < 1.29 is 19.1 Å². The van der Waals surface area contributed by atoms with Crippen molar-refractivity contribution in [1.82, 2.24) is 0 Å². The maximum atomic E-state index is 13.9. The maximum Gasteiger partial charge on any atom is 0.418 e. The van der Waals surface area contributed by atoms with Crippen molar-refractivity contribution in [3.8, 4) is 22.3 Å². The third kappa shape index (κ3) is 2.59. The van der Waals surface area contributed by atoms with Crippen molar-refractivity contribution in [1.29, 1.82) is 0 Å². The van der Waals surface area contributed by atoms with Gasteiger partial charge in [-0.3, -0.25) is 0 Å². The molecule has 165 valence electrons. The summed E-state index contributed by atoms with van der Waals surface area (Å²) >= 11 is 0. The summed E-state index contributed by atoms with van der Waals surface area (Å²) in [5, 5.41) is 0. The molecule has 0 aromatic heterocycles. The Balaban J connectivity index is 1.72. The minimum absolute atomic E-state index is 0.571. The molecule has 0 bridgehead atoms. The van der Waals surface area contributed by atoms with Gasteiger partial charge in [0, 0.05) is 0 Å². The lowest BCUT2D eigenvalue weighted by atomic mass is 9.68. The van der Waals surface area contributed by atoms with E-state index in [0.29, 0.717) is 0 Å². The van der Waals surface area contributed by atoms with E-state index in [1.165, 1.54) is 7.11 Å². The molecule has 2 aliphatic carbocycles. The number of rotatable bonds is 5. The van der Waals surface area contributed by atoms with E-state index in [9.17, 15) is 9.59 Å². The molecule has 34 heavy (non-hydrogen) atoms. The highest BCUT2D eigenvalue weighted by atomic mass is 16.6. The molecule has 0 heterocycles. The van der Waals surface area contributed by atoms with Crippen LogP contribution in [0.1, 0.15) is 34.1 Å². The van der Waals surface area contributed by atoms with Gasteiger partial charge in [0.15, 0.2) is 0 Å². The molecule has 0 atom stereocenters. The smallest absolute Gasteiger partial charge is 0.418 e. The zero-order valence-corrected chi connectivity index (χ0v) is 18.5. The highest BCUT2D eigenvalue weighted by Crippen LogP contribution is 2.60. The van der Waals surface area contributed by atoms with Crippen molar-refractivity contribution in [2.45, 2.75) is 17.4 Å². The van der Waals surface area contributed by atoms with E-state index in [1.54, 1.807) is 6.47 Å². The monoisotopic (exact) mass is 445 g/mol. The Morgan fingerprint density at radius 3 is 1.26 bits per heavy atom. The molecule has 0 saturated heterocycles. The number of carbonyl (C=O) groups excluding carboxylic acids is 2. The quantitative estimate of drug-likeness (QED) is 0.375. The first-order valence-corrected chi connectivity index (χ1v) is 11.2. The highest BCUT2D eigenvalue weighted by Gasteiger charge is 2.61. The number of esters is 1. The molecule has 1 radical (unpaired) electrons. The third-order valence-corrected chi connectivity index (χ3v) is 7.24. The standard InChI is InChI=1S/C30H21O4/c1-33-29(32)30(34-18-31,27-23-14-6-2-10-19(23)20-11-3-7-15-24(20)27)28-25-16-8-4-12-21(25)22-13-5-9-17-26(22)28/h2-17,27-28H,1H3. The van der Waals surface area contributed by atoms with Gasteiger partial charge in [0.05, 0.1) is 18.9 Å². The number of fused-ring (bicyclic) bond motifs is 6. The lowest BCUT2D eigenvalue weighted by molar-refractivity contribution is -0.163. The SMILES string of the molecule is COC(=O)C(O[C]=O)(C1c2ccccc2-c2ccccc21)C1c2ccccc2-c2ccccc21. The molecular weight excluding hydrogens is 424 g/mol. The van der Waals surface area contributed by atoms with Gasteiger partial charge in [0.2, 0.25) is 5.60 Å². The van der Waals surface area contributed by atoms with Crippen LogP contribution in [0.15, 0.2) is 97.1 Å². The molecule has 0 amide bonds. The number of carbonyl (C=O) groups is 1. The van der Waals surface area contributed by atoms with Crippen molar-refractivity contribution in [3.63, 3.8) is 0 Å². The molecule has 4 aromatic carbocycles. The molecule has 4 nitrogen and oxygen atoms in total. The van der Waals surface area contributed by atoms with Crippen molar-refractivity contribution in [2.24, 2.45) is 0 Å². The van der Waals surface area contributed by atoms with Crippen LogP contribution in [0.4, 0.5) is 0 Å². The van der Waals surface area contributed by atoms with Gasteiger partial charge in [0.1, 0.15) is 0 Å². The van der Waals surface area contributed by atoms with Crippen molar-refractivity contribution in [3.05, 3.63) is 119 Å². The summed E-state index contributed by atoms with van der Waals surface area (Å²) in [5.74, 6) is -1.75. The molecule has 0 fully saturated rings. The molecule has 0 N–H and O–H groups in total. The van der Waals surface area contributed by atoms with Gasteiger partial charge in [-0.25, -0.2) is 9.59 Å². The van der Waals surface area contributed by atoms with Gasteiger partial charge in [-0.05, 0) is 44.5 Å². The predicted molar refractivity (Wildman–Crippen MR) is 129 cm³/mol. The second-order valence-electron chi connectivity index (χ2n) is 8.69. The molecule has 4 heteroatoms. The first kappa shape index (κ1) is 20.4. The van der Waals surface area contributed by atoms with Crippen LogP contribution >= 0.6 is 0 Å². The van der Waals surface area contributed by atoms with Crippen LogP contribution in [0.25, 0.3) is 22.3 Å². The van der Waals surface area contributed by atoms with Crippen LogP contribution in [-0.4, -0.2) is 25.2 Å². The second kappa shape index (κ2) is 7.70. The van der Waals surface area contributed by atoms with E-state index in [0.717, 1.165) is 44.5 Å². The van der Waals surface area contributed by atoms with E-state index in [1.807, 2.05) is 97.1 Å². The topological polar surface area (TPSA) is 52.6 Å². The van der Waals surface area contributed by atoms with E-state index < -0.39 is 23.4 Å². The maximum absolute atomic E-state index is 13.9. The van der Waals surface area contributed by atoms with Crippen LogP contribution in [0.5, 0.6) is 0 Å². The number of ether oxygens (including phenoxy) is 2. The summed E-state index contributed by atoms with van der Waals surface area (Å²) in [7, 11) is 1.34. The Bertz CT molecular complexity index is 1250. The van der Waals surface area contributed by atoms with Crippen LogP contribution < -0.4 is 0 Å². The van der Waals surface area contributed by atoms with Gasteiger partial charge < -0.3 is 9.47 Å². The van der Waals surface area contributed by atoms with Crippen molar-refractivity contribution >= 4 is 12.4 Å². The van der Waals surface area contributed by atoms with E-state index in [4.69, 9.17) is 9.47 Å². The Morgan fingerprint density at radius 2 is 0.971 bits per heavy atom. The summed E-state index contributed by atoms with van der Waals surface area (Å²) in [6.45, 7) is 1.65. The summed E-state index contributed by atoms with van der Waals surface area (Å²) in [6.07, 6.45) is 0. The minimum atomic E-state index is -1.69. The molecule has 6 rings (SSSR count). The first-order valence-electron chi connectivity index (χ1n) is 11.2. The lowest BCUT2D eigenvalue weighted by Crippen LogP contribution is -2.52. The van der Waals surface area contributed by atoms with Crippen LogP contribution in [0.2, 0.25) is 0 Å².